The van der Waals surface area contributed by atoms with E-state index in [1.54, 1.807) is 6.92 Å². The minimum Gasteiger partial charge on any atom is -0.461 e. The van der Waals surface area contributed by atoms with Crippen molar-refractivity contribution in [1.82, 2.24) is 0 Å². The van der Waals surface area contributed by atoms with Gasteiger partial charge >= 0.3 is 0 Å². The van der Waals surface area contributed by atoms with Crippen molar-refractivity contribution >= 4 is 5.78 Å². The zero-order valence-electron chi connectivity index (χ0n) is 11.5. The molecule has 0 spiro atoms. The summed E-state index contributed by atoms with van der Waals surface area (Å²) in [5.41, 5.74) is 1.12. The van der Waals surface area contributed by atoms with E-state index in [2.05, 4.69) is 0 Å². The van der Waals surface area contributed by atoms with Gasteiger partial charge in [-0.3, -0.25) is 0 Å². The van der Waals surface area contributed by atoms with E-state index in [0.29, 0.717) is 0 Å². The number of hydrogen-bond acceptors (Lipinski definition) is 1. The second-order valence-corrected chi connectivity index (χ2v) is 3.92. The van der Waals surface area contributed by atoms with E-state index in [0.717, 1.165) is 17.4 Å². The van der Waals surface area contributed by atoms with Crippen molar-refractivity contribution in [1.29, 1.82) is 0 Å². The molecule has 0 aromatic heterocycles. The maximum Gasteiger partial charge on any atom is 0 e. The maximum absolute atomic E-state index is 11.4. The summed E-state index contributed by atoms with van der Waals surface area (Å²) < 4.78 is 0. The van der Waals surface area contributed by atoms with Crippen LogP contribution in [0.15, 0.2) is 30.3 Å². The molecule has 0 aliphatic rings. The second kappa shape index (κ2) is 12.7. The number of hydrogen-bond donors (Lipinski definition) is 0. The molecule has 91 valence electrons. The summed E-state index contributed by atoms with van der Waals surface area (Å²) >= 11 is 0. The van der Waals surface area contributed by atoms with Crippen LogP contribution < -0.4 is 0 Å². The third kappa shape index (κ3) is 7.65. The van der Waals surface area contributed by atoms with Gasteiger partial charge in [0.1, 0.15) is 0 Å². The normalized spacial score (nSPS) is 8.50. The van der Waals surface area contributed by atoms with Crippen LogP contribution in [-0.4, -0.2) is 5.78 Å². The fourth-order valence-corrected chi connectivity index (χ4v) is 1.66. The van der Waals surface area contributed by atoms with E-state index in [1.807, 2.05) is 51.1 Å². The van der Waals surface area contributed by atoms with Crippen molar-refractivity contribution < 1.29 is 103 Å². The molecular weight excluding hydrogens is 451 g/mol. The monoisotopic (exact) mass is 468 g/mol. The van der Waals surface area contributed by atoms with Gasteiger partial charge < -0.3 is 22.5 Å². The van der Waals surface area contributed by atoms with Crippen LogP contribution in [-0.2, 0) is 103 Å². The molecule has 0 heterocycles. The summed E-state index contributed by atoms with van der Waals surface area (Å²) in [6.07, 6.45) is 0. The fraction of sp³-hybridized carbons (Fsp3) is 0.286. The second-order valence-electron chi connectivity index (χ2n) is 3.92. The Labute approximate surface area is 187 Å². The Morgan fingerprint density at radius 3 is 1.72 bits per heavy atom. The molecule has 0 bridgehead atoms. The molecule has 3 radical (unpaired) electrons. The predicted octanol–water partition coefficient (Wildman–Crippen LogP) is 3.40. The van der Waals surface area contributed by atoms with Gasteiger partial charge in [0.25, 0.3) is 0 Å². The summed E-state index contributed by atoms with van der Waals surface area (Å²) in [7, 11) is 0. The van der Waals surface area contributed by atoms with Gasteiger partial charge in [0, 0.05) is 98.1 Å². The van der Waals surface area contributed by atoms with Crippen molar-refractivity contribution in [3.8, 4) is 0 Å². The van der Waals surface area contributed by atoms with Crippen LogP contribution >= 0.6 is 0 Å². The summed E-state index contributed by atoms with van der Waals surface area (Å²) in [6.45, 7) is 7.57. The number of ketones is 1. The smallest absolute Gasteiger partial charge is 0 e. The number of Topliss-reactive ketones (excluding diaryl/α,β-unsaturated/α-hetero) is 1. The fourth-order valence-electron chi connectivity index (χ4n) is 1.66. The molecule has 1 nitrogen and oxygen atoms in total. The zero-order chi connectivity index (χ0) is 11.4. The largest absolute Gasteiger partial charge is 0.461 e. The first-order chi connectivity index (χ1) is 7.04. The molecule has 0 amide bonds. The Hall–Kier alpha value is 1.94. The van der Waals surface area contributed by atoms with E-state index in [4.69, 9.17) is 0 Å². The Morgan fingerprint density at radius 2 is 1.39 bits per heavy atom. The molecule has 1 aromatic rings. The minimum absolute atomic E-state index is 0. The average molecular weight is 468 g/mol. The number of carbonyl (C=O) groups excluding carboxylic acids is 1. The molecule has 0 fully saturated rings. The van der Waals surface area contributed by atoms with Crippen molar-refractivity contribution in [3.63, 3.8) is 0 Å². The van der Waals surface area contributed by atoms with Crippen LogP contribution in [0.4, 0.5) is 0 Å². The summed E-state index contributed by atoms with van der Waals surface area (Å²) in [5.74, 6) is 3.22. The molecule has 0 aliphatic carbocycles. The van der Waals surface area contributed by atoms with Crippen LogP contribution in [0, 0.1) is 17.8 Å². The molecule has 0 N–H and O–H groups in total. The first kappa shape index (κ1) is 24.9. The van der Waals surface area contributed by atoms with E-state index >= 15 is 0 Å². The van der Waals surface area contributed by atoms with Crippen LogP contribution in [0.2, 0.25) is 0 Å². The summed E-state index contributed by atoms with van der Waals surface area (Å²) in [4.78, 5) is 11.4. The summed E-state index contributed by atoms with van der Waals surface area (Å²) in [5, 5.41) is 0. The van der Waals surface area contributed by atoms with Gasteiger partial charge in [-0.05, 0) is 12.7 Å². The van der Waals surface area contributed by atoms with Crippen LogP contribution in [0.1, 0.15) is 33.3 Å². The molecule has 1 rings (SSSR count). The number of benzene rings is 1. The Morgan fingerprint density at radius 1 is 0.944 bits per heavy atom. The number of rotatable bonds is 4. The van der Waals surface area contributed by atoms with Crippen molar-refractivity contribution in [2.45, 2.75) is 27.7 Å². The van der Waals surface area contributed by atoms with Gasteiger partial charge in [-0.25, -0.2) is 5.56 Å². The van der Waals surface area contributed by atoms with Crippen molar-refractivity contribution in [2.75, 3.05) is 0 Å². The van der Waals surface area contributed by atoms with E-state index in [1.165, 1.54) is 5.92 Å². The Bertz CT molecular complexity index is 325. The number of carbonyl (C=O) groups is 1. The molecule has 1 aromatic carbocycles. The van der Waals surface area contributed by atoms with Gasteiger partial charge in [-0.2, -0.15) is 32.9 Å². The van der Waals surface area contributed by atoms with Crippen LogP contribution in [0.25, 0.3) is 0 Å². The van der Waals surface area contributed by atoms with E-state index in [9.17, 15) is 4.79 Å². The van der Waals surface area contributed by atoms with E-state index in [-0.39, 0.29) is 104 Å². The van der Waals surface area contributed by atoms with Gasteiger partial charge in [0.2, 0.25) is 0 Å². The van der Waals surface area contributed by atoms with Crippen LogP contribution in [0.5, 0.6) is 0 Å². The average Bonchev–Trinajstić information content (AvgIpc) is 2.18. The molecule has 0 aliphatic heterocycles. The first-order valence-electron chi connectivity index (χ1n) is 5.11. The van der Waals surface area contributed by atoms with E-state index < -0.39 is 0 Å². The first-order valence-corrected chi connectivity index (χ1v) is 5.11. The van der Waals surface area contributed by atoms with Crippen molar-refractivity contribution in [3.05, 3.63) is 53.6 Å². The standard InChI is InChI=1S/C14H17O.3Y/c1-10(2)14(11(3)12(4)15)13-8-6-5-7-9-13;;;/h5-9H,1-4H3;;;/q-3;;;. The third-order valence-electron chi connectivity index (χ3n) is 2.47. The molecular formula is C14H17OY3-3. The molecule has 0 saturated carbocycles. The molecule has 18 heavy (non-hydrogen) atoms. The Kier molecular flexibility index (Phi) is 17.5. The third-order valence-corrected chi connectivity index (χ3v) is 2.47. The summed E-state index contributed by atoms with van der Waals surface area (Å²) in [6, 6.07) is 10.0. The topological polar surface area (TPSA) is 17.1 Å². The van der Waals surface area contributed by atoms with Gasteiger partial charge in [-0.1, -0.05) is 6.07 Å². The van der Waals surface area contributed by atoms with Crippen molar-refractivity contribution in [2.24, 2.45) is 0 Å². The van der Waals surface area contributed by atoms with Gasteiger partial charge in [-0.15, -0.1) is 12.1 Å². The molecule has 0 unspecified atom stereocenters. The maximum atomic E-state index is 11.4. The van der Waals surface area contributed by atoms with Gasteiger partial charge in [0.05, 0.1) is 0 Å². The SMILES string of the molecule is CC(=O)[C-](C)[C-](c1ccccc1)[C-](C)C.[Y].[Y].[Y]. The molecule has 0 atom stereocenters. The Balaban J connectivity index is -0.000000750. The minimum atomic E-state index is 0. The van der Waals surface area contributed by atoms with Gasteiger partial charge in [0.15, 0.2) is 0 Å². The quantitative estimate of drug-likeness (QED) is 0.620. The molecule has 0 saturated heterocycles. The zero-order valence-corrected chi connectivity index (χ0v) is 20.0. The van der Waals surface area contributed by atoms with Crippen LogP contribution in [0.3, 0.4) is 0 Å². The predicted molar refractivity (Wildman–Crippen MR) is 63.0 cm³/mol. The molecule has 4 heteroatoms.